The summed E-state index contributed by atoms with van der Waals surface area (Å²) < 4.78 is 39.6. The van der Waals surface area contributed by atoms with Crippen LogP contribution in [-0.4, -0.2) is 39.2 Å². The molecule has 0 radical (unpaired) electrons. The molecule has 1 unspecified atom stereocenters. The third-order valence-corrected chi connectivity index (χ3v) is 4.80. The molecule has 0 aliphatic carbocycles. The van der Waals surface area contributed by atoms with Crippen LogP contribution in [0.5, 0.6) is 0 Å². The van der Waals surface area contributed by atoms with Gasteiger partial charge in [0.1, 0.15) is 6.04 Å². The highest BCUT2D eigenvalue weighted by Crippen LogP contribution is 2.30. The summed E-state index contributed by atoms with van der Waals surface area (Å²) in [6, 6.07) is 9.84. The Kier molecular flexibility index (Phi) is 5.43. The number of alkyl halides is 3. The molecule has 4 rings (SSSR count). The Hall–Kier alpha value is -4.09. The summed E-state index contributed by atoms with van der Waals surface area (Å²) in [5, 5.41) is 12.1. The highest BCUT2D eigenvalue weighted by Gasteiger charge is 2.30. The van der Waals surface area contributed by atoms with Gasteiger partial charge in [0.15, 0.2) is 0 Å². The van der Waals surface area contributed by atoms with Gasteiger partial charge in [0.25, 0.3) is 5.91 Å². The zero-order chi connectivity index (χ0) is 22.9. The zero-order valence-corrected chi connectivity index (χ0v) is 16.4. The third kappa shape index (κ3) is 4.48. The van der Waals surface area contributed by atoms with Crippen molar-refractivity contribution in [2.75, 3.05) is 11.9 Å². The Bertz CT molecular complexity index is 1220. The number of halogens is 3. The quantitative estimate of drug-likeness (QED) is 0.477. The summed E-state index contributed by atoms with van der Waals surface area (Å²) in [4.78, 5) is 38.4. The smallest absolute Gasteiger partial charge is 0.354 e. The average Bonchev–Trinajstić information content (AvgIpc) is 3.33. The number of carbonyl (C=O) groups is 2. The molecule has 0 saturated carbocycles. The normalized spacial score (nSPS) is 16.0. The van der Waals surface area contributed by atoms with Crippen LogP contribution in [0.15, 0.2) is 53.3 Å². The van der Waals surface area contributed by atoms with Gasteiger partial charge in [0, 0.05) is 17.8 Å². The molecular weight excluding hydrogens is 429 g/mol. The van der Waals surface area contributed by atoms with Crippen molar-refractivity contribution in [2.45, 2.75) is 18.6 Å². The molecular formula is C20H17F3N6O3. The lowest BCUT2D eigenvalue weighted by atomic mass is 10.1. The Balaban J connectivity index is 1.47. The lowest BCUT2D eigenvalue weighted by Gasteiger charge is -2.10. The van der Waals surface area contributed by atoms with Gasteiger partial charge in [-0.3, -0.25) is 14.6 Å². The Morgan fingerprint density at radius 2 is 1.88 bits per heavy atom. The summed E-state index contributed by atoms with van der Waals surface area (Å²) in [6.07, 6.45) is -4.03. The number of hydrogen-bond acceptors (Lipinski definition) is 5. The average molecular weight is 446 g/mol. The molecule has 9 nitrogen and oxygen atoms in total. The molecule has 1 saturated heterocycles. The predicted molar refractivity (Wildman–Crippen MR) is 108 cm³/mol. The van der Waals surface area contributed by atoms with Gasteiger partial charge in [-0.05, 0) is 48.9 Å². The first-order valence-corrected chi connectivity index (χ1v) is 9.53. The third-order valence-electron chi connectivity index (χ3n) is 4.80. The number of rotatable bonds is 5. The number of H-pyrrole nitrogens is 1. The van der Waals surface area contributed by atoms with E-state index in [9.17, 15) is 27.6 Å². The zero-order valence-electron chi connectivity index (χ0n) is 16.4. The van der Waals surface area contributed by atoms with E-state index in [-0.39, 0.29) is 17.5 Å². The van der Waals surface area contributed by atoms with Gasteiger partial charge >= 0.3 is 11.9 Å². The Morgan fingerprint density at radius 1 is 1.12 bits per heavy atom. The molecule has 1 atom stereocenters. The Labute approximate surface area is 178 Å². The van der Waals surface area contributed by atoms with E-state index in [4.69, 9.17) is 0 Å². The maximum atomic E-state index is 12.9. The van der Waals surface area contributed by atoms with Gasteiger partial charge in [0.2, 0.25) is 11.9 Å². The molecule has 0 spiro atoms. The van der Waals surface area contributed by atoms with Crippen LogP contribution in [0.1, 0.15) is 22.3 Å². The summed E-state index contributed by atoms with van der Waals surface area (Å²) in [7, 11) is 0. The van der Waals surface area contributed by atoms with Gasteiger partial charge in [-0.25, -0.2) is 4.79 Å². The maximum Gasteiger partial charge on any atom is 0.416 e. The van der Waals surface area contributed by atoms with E-state index in [1.807, 2.05) is 0 Å². The second kappa shape index (κ2) is 8.21. The monoisotopic (exact) mass is 446 g/mol. The van der Waals surface area contributed by atoms with Crippen molar-refractivity contribution in [3.8, 4) is 5.69 Å². The first kappa shape index (κ1) is 21.2. The number of carbonyl (C=O) groups excluding carboxylic acids is 2. The van der Waals surface area contributed by atoms with Crippen molar-refractivity contribution < 1.29 is 22.8 Å². The van der Waals surface area contributed by atoms with E-state index < -0.39 is 29.4 Å². The van der Waals surface area contributed by atoms with Crippen LogP contribution in [0, 0.1) is 0 Å². The van der Waals surface area contributed by atoms with E-state index in [1.165, 1.54) is 24.3 Å². The molecule has 0 bridgehead atoms. The summed E-state index contributed by atoms with van der Waals surface area (Å²) in [5.41, 5.74) is -0.860. The maximum absolute atomic E-state index is 12.9. The Morgan fingerprint density at radius 3 is 2.53 bits per heavy atom. The fraction of sp³-hybridized carbons (Fsp3) is 0.200. The lowest BCUT2D eigenvalue weighted by Crippen LogP contribution is -2.40. The van der Waals surface area contributed by atoms with Crippen LogP contribution in [0.3, 0.4) is 0 Å². The van der Waals surface area contributed by atoms with Crippen LogP contribution in [0.25, 0.3) is 5.69 Å². The minimum Gasteiger partial charge on any atom is -0.354 e. The summed E-state index contributed by atoms with van der Waals surface area (Å²) in [5.74, 6) is -0.620. The number of anilines is 2. The van der Waals surface area contributed by atoms with Crippen molar-refractivity contribution in [3.05, 3.63) is 70.1 Å². The molecule has 2 heterocycles. The van der Waals surface area contributed by atoms with Gasteiger partial charge in [-0.15, -0.1) is 5.10 Å². The number of benzene rings is 2. The summed E-state index contributed by atoms with van der Waals surface area (Å²) >= 11 is 0. The van der Waals surface area contributed by atoms with Gasteiger partial charge in [-0.1, -0.05) is 6.07 Å². The summed E-state index contributed by atoms with van der Waals surface area (Å²) in [6.45, 7) is 0.512. The number of nitrogens with zero attached hydrogens (tertiary/aromatic N) is 2. The topological polar surface area (TPSA) is 121 Å². The molecule has 2 aromatic carbocycles. The van der Waals surface area contributed by atoms with Crippen molar-refractivity contribution >= 4 is 23.5 Å². The standard InChI is InChI=1S/C20H17F3N6O3/c21-20(22,23)12-2-1-3-14(10-12)29-19(32)27-18(28-29)25-13-6-4-11(5-7-13)16(30)26-15-8-9-24-17(15)31/h1-7,10,15H,8-9H2,(H,24,31)(H,26,30)(H2,25,27,28,32). The van der Waals surface area contributed by atoms with E-state index in [2.05, 4.69) is 26.0 Å². The molecule has 3 aromatic rings. The first-order chi connectivity index (χ1) is 15.2. The minimum atomic E-state index is -4.55. The largest absolute Gasteiger partial charge is 0.416 e. The molecule has 2 amide bonds. The molecule has 1 aliphatic heterocycles. The van der Waals surface area contributed by atoms with Gasteiger partial charge in [-0.2, -0.15) is 17.9 Å². The highest BCUT2D eigenvalue weighted by atomic mass is 19.4. The second-order valence-corrected chi connectivity index (χ2v) is 7.05. The molecule has 166 valence electrons. The van der Waals surface area contributed by atoms with E-state index >= 15 is 0 Å². The van der Waals surface area contributed by atoms with Crippen molar-refractivity contribution in [3.63, 3.8) is 0 Å². The van der Waals surface area contributed by atoms with Crippen LogP contribution in [0.4, 0.5) is 24.8 Å². The number of nitrogens with one attached hydrogen (secondary N) is 4. The van der Waals surface area contributed by atoms with Crippen molar-refractivity contribution in [2.24, 2.45) is 0 Å². The minimum absolute atomic E-state index is 0.00670. The molecule has 12 heteroatoms. The van der Waals surface area contributed by atoms with Gasteiger partial charge < -0.3 is 16.0 Å². The SMILES string of the molecule is O=C(NC1CCNC1=O)c1ccc(Nc2nn(-c3cccc(C(F)(F)F)c3)c(=O)[nH]2)cc1. The van der Waals surface area contributed by atoms with E-state index in [0.29, 0.717) is 24.2 Å². The van der Waals surface area contributed by atoms with Crippen LogP contribution < -0.4 is 21.6 Å². The lowest BCUT2D eigenvalue weighted by molar-refractivity contribution is -0.137. The molecule has 1 fully saturated rings. The van der Waals surface area contributed by atoms with Crippen LogP contribution in [0.2, 0.25) is 0 Å². The number of aromatic nitrogens is 3. The fourth-order valence-corrected chi connectivity index (χ4v) is 3.18. The predicted octanol–water partition coefficient (Wildman–Crippen LogP) is 1.94. The van der Waals surface area contributed by atoms with Crippen molar-refractivity contribution in [1.29, 1.82) is 0 Å². The molecule has 4 N–H and O–H groups in total. The number of hydrogen-bond donors (Lipinski definition) is 4. The fourth-order valence-electron chi connectivity index (χ4n) is 3.18. The molecule has 1 aromatic heterocycles. The second-order valence-electron chi connectivity index (χ2n) is 7.05. The number of aromatic amines is 1. The number of amides is 2. The van der Waals surface area contributed by atoms with E-state index in [0.717, 1.165) is 16.8 Å². The van der Waals surface area contributed by atoms with Crippen LogP contribution >= 0.6 is 0 Å². The molecule has 32 heavy (non-hydrogen) atoms. The highest BCUT2D eigenvalue weighted by molar-refractivity contribution is 5.98. The van der Waals surface area contributed by atoms with E-state index in [1.54, 1.807) is 12.1 Å². The van der Waals surface area contributed by atoms with Crippen molar-refractivity contribution in [1.82, 2.24) is 25.4 Å². The van der Waals surface area contributed by atoms with Gasteiger partial charge in [0.05, 0.1) is 11.3 Å². The van der Waals surface area contributed by atoms with Crippen LogP contribution in [-0.2, 0) is 11.0 Å². The molecule has 1 aliphatic rings. The first-order valence-electron chi connectivity index (χ1n) is 9.53.